The minimum absolute atomic E-state index is 0.0341. The molecular formula is C32H52O8S. The van der Waals surface area contributed by atoms with Gasteiger partial charge in [0, 0.05) is 6.61 Å². The van der Waals surface area contributed by atoms with Crippen molar-refractivity contribution in [3.05, 3.63) is 11.6 Å². The van der Waals surface area contributed by atoms with E-state index in [9.17, 15) is 30.3 Å². The summed E-state index contributed by atoms with van der Waals surface area (Å²) in [6.07, 6.45) is 10.9. The van der Waals surface area contributed by atoms with Crippen molar-refractivity contribution in [3.63, 3.8) is 0 Å². The molecule has 0 spiro atoms. The lowest BCUT2D eigenvalue weighted by atomic mass is 9.47. The fourth-order valence-electron chi connectivity index (χ4n) is 9.39. The molecule has 0 unspecified atom stereocenters. The van der Waals surface area contributed by atoms with Gasteiger partial charge in [0.25, 0.3) is 0 Å². The summed E-state index contributed by atoms with van der Waals surface area (Å²) in [5.41, 5.74) is 1.15. The first-order chi connectivity index (χ1) is 19.6. The molecule has 0 aromatic carbocycles. The number of fused-ring (bicyclic) bond motifs is 5. The quantitative estimate of drug-likeness (QED) is 0.176. The van der Waals surface area contributed by atoms with Crippen molar-refractivity contribution in [2.45, 2.75) is 127 Å². The first-order valence-corrected chi connectivity index (χ1v) is 17.1. The number of hydrogen-bond donors (Lipinski definition) is 5. The number of unbranched alkanes of at least 4 members (excludes halogenated alkanes) is 3. The molecule has 0 aromatic heterocycles. The predicted octanol–water partition coefficient (Wildman–Crippen LogP) is 4.13. The minimum atomic E-state index is -1.31. The lowest BCUT2D eigenvalue weighted by Gasteiger charge is -2.58. The fraction of sp³-hybridized carbons (Fsp3) is 0.906. The van der Waals surface area contributed by atoms with Gasteiger partial charge in [0.1, 0.15) is 29.9 Å². The monoisotopic (exact) mass is 596 g/mol. The third kappa shape index (κ3) is 6.16. The highest BCUT2D eigenvalue weighted by Gasteiger charge is 2.60. The Morgan fingerprint density at radius 2 is 1.78 bits per heavy atom. The normalized spacial score (nSPS) is 45.9. The Hall–Kier alpha value is -0.680. The average Bonchev–Trinajstić information content (AvgIpc) is 3.32. The van der Waals surface area contributed by atoms with Crippen molar-refractivity contribution >= 4 is 17.7 Å². The van der Waals surface area contributed by atoms with Crippen LogP contribution in [0.2, 0.25) is 0 Å². The van der Waals surface area contributed by atoms with Gasteiger partial charge in [-0.1, -0.05) is 38.3 Å². The molecule has 8 nitrogen and oxygen atoms in total. The summed E-state index contributed by atoms with van der Waals surface area (Å²) in [7, 11) is 0. The number of ether oxygens (including phenoxy) is 2. The van der Waals surface area contributed by atoms with Crippen LogP contribution in [-0.4, -0.2) is 86.4 Å². The number of rotatable bonds is 11. The summed E-state index contributed by atoms with van der Waals surface area (Å²) in [5.74, 6) is 1.87. The molecule has 1 heterocycles. The van der Waals surface area contributed by atoms with Gasteiger partial charge in [-0.05, 0) is 98.5 Å². The molecule has 9 heteroatoms. The zero-order valence-corrected chi connectivity index (χ0v) is 25.6. The standard InChI is InChI=1S/C32H52O8S/c1-31-13-11-20(39-15-5-3-4-6-16-41-30-28(36)27(35)26(34)25(18-33)40-30)17-19(31)7-8-21-22-9-10-24(29(37)38)32(22,2)14-12-23(21)31/h7,20-28,30,33-36H,3-6,8-18H2,1-2H3,(H,37,38)/t20-,21-,22-,23-,24+,25+,26+,27-,28-,30-,31-,32-/m0/s1. The topological polar surface area (TPSA) is 137 Å². The molecule has 1 aliphatic heterocycles. The van der Waals surface area contributed by atoms with E-state index < -0.39 is 42.4 Å². The van der Waals surface area contributed by atoms with Gasteiger partial charge in [-0.3, -0.25) is 4.79 Å². The Morgan fingerprint density at radius 1 is 1.00 bits per heavy atom. The number of allylic oxidation sites excluding steroid dienone is 1. The van der Waals surface area contributed by atoms with Crippen LogP contribution in [0.3, 0.4) is 0 Å². The van der Waals surface area contributed by atoms with Crippen LogP contribution < -0.4 is 0 Å². The van der Waals surface area contributed by atoms with Crippen LogP contribution in [0, 0.1) is 34.5 Å². The first-order valence-electron chi connectivity index (χ1n) is 16.1. The highest BCUT2D eigenvalue weighted by Crippen LogP contribution is 2.66. The summed E-state index contributed by atoms with van der Waals surface area (Å²) < 4.78 is 11.9. The molecular weight excluding hydrogens is 544 g/mol. The molecule has 4 fully saturated rings. The maximum Gasteiger partial charge on any atom is 0.307 e. The summed E-state index contributed by atoms with van der Waals surface area (Å²) in [4.78, 5) is 12.0. The van der Waals surface area contributed by atoms with Crippen molar-refractivity contribution < 1.29 is 39.8 Å². The molecule has 5 aliphatic rings. The van der Waals surface area contributed by atoms with Crippen molar-refractivity contribution in [3.8, 4) is 0 Å². The summed E-state index contributed by atoms with van der Waals surface area (Å²) in [6.45, 7) is 5.14. The van der Waals surface area contributed by atoms with Crippen molar-refractivity contribution in [2.75, 3.05) is 19.0 Å². The molecule has 0 bridgehead atoms. The van der Waals surface area contributed by atoms with E-state index in [0.29, 0.717) is 23.9 Å². The van der Waals surface area contributed by atoms with Gasteiger partial charge in [0.05, 0.1) is 18.6 Å². The van der Waals surface area contributed by atoms with Crippen LogP contribution >= 0.6 is 11.8 Å². The number of thioether (sulfide) groups is 1. The van der Waals surface area contributed by atoms with Crippen LogP contribution in [0.5, 0.6) is 0 Å². The maximum atomic E-state index is 12.0. The fourth-order valence-corrected chi connectivity index (χ4v) is 10.6. The van der Waals surface area contributed by atoms with Gasteiger partial charge < -0.3 is 35.0 Å². The van der Waals surface area contributed by atoms with Crippen molar-refractivity contribution in [1.82, 2.24) is 0 Å². The third-order valence-electron chi connectivity index (χ3n) is 11.9. The van der Waals surface area contributed by atoms with Gasteiger partial charge in [-0.15, -0.1) is 11.8 Å². The van der Waals surface area contributed by atoms with E-state index in [-0.39, 0.29) is 16.7 Å². The van der Waals surface area contributed by atoms with Crippen molar-refractivity contribution in [2.24, 2.45) is 34.5 Å². The SMILES string of the molecule is C[C@]12CC[C@H]3[C@@H](CC=C4C[C@@H](OCCCCCCS[C@@H]5O[C@H](CO)[C@@H](O)[C@H](O)[C@@H]5O)CC[C@@]43C)[C@@H]1CC[C@@H]2C(=O)O. The van der Waals surface area contributed by atoms with Crippen LogP contribution in [-0.2, 0) is 14.3 Å². The second-order valence-electron chi connectivity index (χ2n) is 14.0. The zero-order valence-electron chi connectivity index (χ0n) is 24.8. The highest BCUT2D eigenvalue weighted by molar-refractivity contribution is 7.99. The van der Waals surface area contributed by atoms with Gasteiger partial charge in [0.2, 0.25) is 0 Å². The number of aliphatic hydroxyl groups is 4. The third-order valence-corrected chi connectivity index (χ3v) is 13.1. The van der Waals surface area contributed by atoms with E-state index in [2.05, 4.69) is 19.9 Å². The molecule has 5 rings (SSSR count). The second kappa shape index (κ2) is 13.1. The number of carboxylic acids is 1. The average molecular weight is 597 g/mol. The van der Waals surface area contributed by atoms with Crippen LogP contribution in [0.25, 0.3) is 0 Å². The van der Waals surface area contributed by atoms with Gasteiger partial charge >= 0.3 is 5.97 Å². The Morgan fingerprint density at radius 3 is 2.54 bits per heavy atom. The number of aliphatic carboxylic acids is 1. The molecule has 0 radical (unpaired) electrons. The molecule has 41 heavy (non-hydrogen) atoms. The van der Waals surface area contributed by atoms with Crippen molar-refractivity contribution in [1.29, 1.82) is 0 Å². The molecule has 0 amide bonds. The lowest BCUT2D eigenvalue weighted by molar-refractivity contribution is -0.205. The molecule has 12 atom stereocenters. The van der Waals surface area contributed by atoms with Crippen LogP contribution in [0.1, 0.15) is 90.9 Å². The molecule has 0 aromatic rings. The van der Waals surface area contributed by atoms with E-state index in [1.54, 1.807) is 5.57 Å². The van der Waals surface area contributed by atoms with E-state index in [1.807, 2.05) is 0 Å². The van der Waals surface area contributed by atoms with Gasteiger partial charge in [0.15, 0.2) is 0 Å². The summed E-state index contributed by atoms with van der Waals surface area (Å²) in [6, 6.07) is 0. The van der Waals surface area contributed by atoms with Gasteiger partial charge in [-0.25, -0.2) is 0 Å². The number of carbonyl (C=O) groups is 1. The molecule has 234 valence electrons. The lowest BCUT2D eigenvalue weighted by Crippen LogP contribution is -2.57. The van der Waals surface area contributed by atoms with E-state index in [1.165, 1.54) is 18.2 Å². The number of hydrogen-bond acceptors (Lipinski definition) is 8. The Balaban J connectivity index is 1.01. The smallest absolute Gasteiger partial charge is 0.307 e. The number of aliphatic hydroxyl groups excluding tert-OH is 4. The molecule has 3 saturated carbocycles. The van der Waals surface area contributed by atoms with Crippen LogP contribution in [0.15, 0.2) is 11.6 Å². The highest BCUT2D eigenvalue weighted by atomic mass is 32.2. The summed E-state index contributed by atoms with van der Waals surface area (Å²) >= 11 is 1.42. The van der Waals surface area contributed by atoms with Gasteiger partial charge in [-0.2, -0.15) is 0 Å². The van der Waals surface area contributed by atoms with E-state index in [0.717, 1.165) is 83.0 Å². The summed E-state index contributed by atoms with van der Waals surface area (Å²) in [5, 5.41) is 49.2. The maximum absolute atomic E-state index is 12.0. The Kier molecular flexibility index (Phi) is 10.2. The molecule has 1 saturated heterocycles. The van der Waals surface area contributed by atoms with Crippen LogP contribution in [0.4, 0.5) is 0 Å². The Bertz CT molecular complexity index is 943. The Labute approximate surface area is 249 Å². The number of carboxylic acid groups (broad SMARTS) is 1. The predicted molar refractivity (Wildman–Crippen MR) is 157 cm³/mol. The zero-order chi connectivity index (χ0) is 29.4. The molecule has 5 N–H and O–H groups in total. The van der Waals surface area contributed by atoms with E-state index in [4.69, 9.17) is 9.47 Å². The van der Waals surface area contributed by atoms with E-state index >= 15 is 0 Å². The second-order valence-corrected chi connectivity index (χ2v) is 15.2. The minimum Gasteiger partial charge on any atom is -0.481 e. The largest absolute Gasteiger partial charge is 0.481 e. The first kappa shape index (κ1) is 31.7. The molecule has 4 aliphatic carbocycles.